The quantitative estimate of drug-likeness (QED) is 0.395. The van der Waals surface area contributed by atoms with Gasteiger partial charge >= 0.3 is 0 Å². The lowest BCUT2D eigenvalue weighted by Crippen LogP contribution is -2.56. The van der Waals surface area contributed by atoms with Crippen molar-refractivity contribution in [1.82, 2.24) is 0 Å². The molecule has 0 aromatic rings. The largest absolute Gasteiger partial charge is 0.349 e. The molecule has 5 fully saturated rings. The van der Waals surface area contributed by atoms with E-state index in [1.807, 2.05) is 0 Å². The van der Waals surface area contributed by atoms with Gasteiger partial charge < -0.3 is 9.47 Å². The zero-order chi connectivity index (χ0) is 22.5. The number of hydrogen-bond acceptors (Lipinski definition) is 2. The normalized spacial score (nSPS) is 37.7. The first kappa shape index (κ1) is 24.6. The molecule has 4 aliphatic carbocycles. The van der Waals surface area contributed by atoms with E-state index in [2.05, 4.69) is 6.92 Å². The molecule has 0 spiro atoms. The van der Waals surface area contributed by atoms with Crippen LogP contribution in [0.1, 0.15) is 135 Å². The molecule has 0 aromatic carbocycles. The number of hydrogen-bond donors (Lipinski definition) is 0. The molecule has 0 aromatic heterocycles. The Morgan fingerprint density at radius 3 is 1.39 bits per heavy atom. The predicted octanol–water partition coefficient (Wildman–Crippen LogP) is 8.92. The molecule has 190 valence electrons. The molecule has 0 bridgehead atoms. The second-order valence-electron chi connectivity index (χ2n) is 13.0. The van der Waals surface area contributed by atoms with Gasteiger partial charge in [-0.05, 0) is 87.9 Å². The minimum absolute atomic E-state index is 0.217. The molecule has 0 amide bonds. The maximum atomic E-state index is 6.97. The average Bonchev–Trinajstić information content (AvgIpc) is 2.91. The van der Waals surface area contributed by atoms with Crippen LogP contribution in [0.15, 0.2) is 0 Å². The van der Waals surface area contributed by atoms with Crippen molar-refractivity contribution in [2.75, 3.05) is 13.2 Å². The van der Waals surface area contributed by atoms with Crippen molar-refractivity contribution in [3.8, 4) is 0 Å². The standard InChI is InChI=1S/C31H54O2/c1-2-9-24-14-16-25(17-15-24)26-18-20-27(21-19-26)28-22-32-31(33-23-28,29-10-5-3-6-11-29)30-12-7-4-8-13-30/h24-30H,2-23H2,1H3. The molecule has 4 saturated carbocycles. The van der Waals surface area contributed by atoms with Crippen molar-refractivity contribution >= 4 is 0 Å². The van der Waals surface area contributed by atoms with Crippen molar-refractivity contribution in [2.45, 2.75) is 141 Å². The Balaban J connectivity index is 1.12. The zero-order valence-corrected chi connectivity index (χ0v) is 21.9. The second-order valence-corrected chi connectivity index (χ2v) is 13.0. The molecule has 1 heterocycles. The lowest BCUT2D eigenvalue weighted by molar-refractivity contribution is -0.344. The predicted molar refractivity (Wildman–Crippen MR) is 137 cm³/mol. The van der Waals surface area contributed by atoms with Gasteiger partial charge in [-0.2, -0.15) is 0 Å². The van der Waals surface area contributed by atoms with Gasteiger partial charge in [0.15, 0.2) is 5.79 Å². The van der Waals surface area contributed by atoms with Crippen LogP contribution in [0, 0.1) is 41.4 Å². The van der Waals surface area contributed by atoms with Crippen molar-refractivity contribution < 1.29 is 9.47 Å². The van der Waals surface area contributed by atoms with Crippen LogP contribution in [-0.2, 0) is 9.47 Å². The van der Waals surface area contributed by atoms with E-state index in [1.165, 1.54) is 128 Å². The van der Waals surface area contributed by atoms with E-state index in [0.29, 0.717) is 17.8 Å². The molecule has 0 radical (unpaired) electrons. The van der Waals surface area contributed by atoms with Crippen LogP contribution in [-0.4, -0.2) is 19.0 Å². The summed E-state index contributed by atoms with van der Waals surface area (Å²) in [4.78, 5) is 0. The van der Waals surface area contributed by atoms with Gasteiger partial charge in [0.2, 0.25) is 0 Å². The summed E-state index contributed by atoms with van der Waals surface area (Å²) in [6.07, 6.45) is 28.6. The number of ether oxygens (including phenoxy) is 2. The average molecular weight is 459 g/mol. The molecule has 0 unspecified atom stereocenters. The van der Waals surface area contributed by atoms with Crippen LogP contribution in [0.2, 0.25) is 0 Å². The van der Waals surface area contributed by atoms with Gasteiger partial charge in [-0.25, -0.2) is 0 Å². The molecule has 2 nitrogen and oxygen atoms in total. The van der Waals surface area contributed by atoms with Gasteiger partial charge in [0.25, 0.3) is 0 Å². The van der Waals surface area contributed by atoms with E-state index in [0.717, 1.165) is 36.9 Å². The summed E-state index contributed by atoms with van der Waals surface area (Å²) >= 11 is 0. The summed E-state index contributed by atoms with van der Waals surface area (Å²) in [5, 5.41) is 0. The van der Waals surface area contributed by atoms with Crippen LogP contribution < -0.4 is 0 Å². The molecule has 0 N–H and O–H groups in total. The topological polar surface area (TPSA) is 18.5 Å². The van der Waals surface area contributed by atoms with Gasteiger partial charge in [0, 0.05) is 17.8 Å². The zero-order valence-electron chi connectivity index (χ0n) is 21.9. The van der Waals surface area contributed by atoms with Crippen molar-refractivity contribution in [1.29, 1.82) is 0 Å². The molecule has 33 heavy (non-hydrogen) atoms. The minimum Gasteiger partial charge on any atom is -0.349 e. The van der Waals surface area contributed by atoms with E-state index in [9.17, 15) is 0 Å². The SMILES string of the molecule is CCCC1CCC(C2CCC(C3COC(C4CCCCC4)(C4CCCCC4)OC3)CC2)CC1. The summed E-state index contributed by atoms with van der Waals surface area (Å²) in [5.41, 5.74) is 0. The first-order valence-electron chi connectivity index (χ1n) is 15.6. The fraction of sp³-hybridized carbons (Fsp3) is 1.00. The fourth-order valence-corrected chi connectivity index (χ4v) is 9.10. The molecule has 0 atom stereocenters. The highest BCUT2D eigenvalue weighted by Crippen LogP contribution is 2.50. The summed E-state index contributed by atoms with van der Waals surface area (Å²) in [5.74, 6) is 5.74. The Morgan fingerprint density at radius 1 is 0.515 bits per heavy atom. The Morgan fingerprint density at radius 2 is 0.939 bits per heavy atom. The lowest BCUT2D eigenvalue weighted by atomic mass is 9.67. The first-order valence-corrected chi connectivity index (χ1v) is 15.6. The summed E-state index contributed by atoms with van der Waals surface area (Å²) < 4.78 is 13.9. The monoisotopic (exact) mass is 458 g/mol. The third kappa shape index (κ3) is 5.68. The highest BCUT2D eigenvalue weighted by Gasteiger charge is 2.51. The van der Waals surface area contributed by atoms with Crippen molar-refractivity contribution in [3.05, 3.63) is 0 Å². The van der Waals surface area contributed by atoms with Gasteiger partial charge in [0.05, 0.1) is 13.2 Å². The smallest absolute Gasteiger partial charge is 0.173 e. The Hall–Kier alpha value is -0.0800. The molecule has 2 heteroatoms. The van der Waals surface area contributed by atoms with E-state index in [4.69, 9.17) is 9.47 Å². The summed E-state index contributed by atoms with van der Waals surface area (Å²) in [6.45, 7) is 4.34. The molecular formula is C31H54O2. The molecule has 1 saturated heterocycles. The highest BCUT2D eigenvalue weighted by atomic mass is 16.7. The van der Waals surface area contributed by atoms with E-state index < -0.39 is 0 Å². The van der Waals surface area contributed by atoms with Crippen LogP contribution in [0.3, 0.4) is 0 Å². The fourth-order valence-electron chi connectivity index (χ4n) is 9.10. The Bertz CT molecular complexity index is 531. The summed E-state index contributed by atoms with van der Waals surface area (Å²) in [6, 6.07) is 0. The first-order chi connectivity index (χ1) is 16.3. The maximum Gasteiger partial charge on any atom is 0.173 e. The molecule has 5 aliphatic rings. The third-order valence-electron chi connectivity index (χ3n) is 11.1. The molecule has 1 aliphatic heterocycles. The van der Waals surface area contributed by atoms with E-state index in [1.54, 1.807) is 0 Å². The van der Waals surface area contributed by atoms with Crippen molar-refractivity contribution in [3.63, 3.8) is 0 Å². The van der Waals surface area contributed by atoms with Crippen LogP contribution >= 0.6 is 0 Å². The Labute approximate surface area is 205 Å². The number of rotatable bonds is 6. The van der Waals surface area contributed by atoms with Gasteiger partial charge in [0.1, 0.15) is 0 Å². The molecular weight excluding hydrogens is 404 g/mol. The molecule has 5 rings (SSSR count). The van der Waals surface area contributed by atoms with Crippen LogP contribution in [0.25, 0.3) is 0 Å². The van der Waals surface area contributed by atoms with E-state index in [-0.39, 0.29) is 5.79 Å². The van der Waals surface area contributed by atoms with Gasteiger partial charge in [-0.1, -0.05) is 71.1 Å². The highest BCUT2D eigenvalue weighted by molar-refractivity contribution is 4.93. The van der Waals surface area contributed by atoms with E-state index >= 15 is 0 Å². The van der Waals surface area contributed by atoms with Gasteiger partial charge in [-0.3, -0.25) is 0 Å². The third-order valence-corrected chi connectivity index (χ3v) is 11.1. The van der Waals surface area contributed by atoms with Gasteiger partial charge in [-0.15, -0.1) is 0 Å². The maximum absolute atomic E-state index is 6.97. The summed E-state index contributed by atoms with van der Waals surface area (Å²) in [7, 11) is 0. The Kier molecular flexibility index (Phi) is 8.78. The van der Waals surface area contributed by atoms with Crippen molar-refractivity contribution in [2.24, 2.45) is 41.4 Å². The lowest BCUT2D eigenvalue weighted by Gasteiger charge is -2.52. The van der Waals surface area contributed by atoms with Crippen LogP contribution in [0.5, 0.6) is 0 Å². The second kappa shape index (κ2) is 11.8. The minimum atomic E-state index is -0.217. The van der Waals surface area contributed by atoms with Crippen LogP contribution in [0.4, 0.5) is 0 Å².